The van der Waals surface area contributed by atoms with E-state index in [4.69, 9.17) is 5.11 Å². The molecule has 0 saturated carbocycles. The van der Waals surface area contributed by atoms with Gasteiger partial charge in [-0.05, 0) is 0 Å². The van der Waals surface area contributed by atoms with Crippen LogP contribution in [0.3, 0.4) is 0 Å². The zero-order valence-electron chi connectivity index (χ0n) is 7.79. The van der Waals surface area contributed by atoms with Crippen LogP contribution in [-0.4, -0.2) is 64.7 Å². The van der Waals surface area contributed by atoms with Gasteiger partial charge in [-0.15, -0.1) is 0 Å². The summed E-state index contributed by atoms with van der Waals surface area (Å²) < 4.78 is 26.3. The van der Waals surface area contributed by atoms with Crippen molar-refractivity contribution in [2.24, 2.45) is 5.14 Å². The van der Waals surface area contributed by atoms with Gasteiger partial charge in [0.05, 0.1) is 0 Å². The van der Waals surface area contributed by atoms with Crippen LogP contribution in [-0.2, 0) is 19.6 Å². The van der Waals surface area contributed by atoms with Gasteiger partial charge in [0.25, 0.3) is 0 Å². The first-order valence-corrected chi connectivity index (χ1v) is 5.71. The third kappa shape index (κ3) is 2.31. The number of carbonyl (C=O) groups is 1. The van der Waals surface area contributed by atoms with E-state index in [1.807, 2.05) is 0 Å². The molecule has 6 N–H and O–H groups in total. The largest absolute Gasteiger partial charge is 0.479 e. The summed E-state index contributed by atoms with van der Waals surface area (Å²) in [6, 6.07) is 0. The number of hydrogen-bond acceptors (Lipinski definition) is 7. The number of nitrogens with two attached hydrogens (primary N) is 1. The summed E-state index contributed by atoms with van der Waals surface area (Å²) in [7, 11) is -4.40. The summed E-state index contributed by atoms with van der Waals surface area (Å²) in [6.07, 6.45) is -7.90. The summed E-state index contributed by atoms with van der Waals surface area (Å²) in [4.78, 5) is 10.6. The lowest BCUT2D eigenvalue weighted by molar-refractivity contribution is -0.210. The molecule has 0 aromatic carbocycles. The van der Waals surface area contributed by atoms with Crippen molar-refractivity contribution in [2.45, 2.75) is 29.9 Å². The predicted octanol–water partition coefficient (Wildman–Crippen LogP) is -3.83. The molecule has 1 heterocycles. The van der Waals surface area contributed by atoms with Gasteiger partial charge in [0.1, 0.15) is 18.3 Å². The second-order valence-corrected chi connectivity index (χ2v) is 4.97. The Labute approximate surface area is 90.1 Å². The first kappa shape index (κ1) is 13.3. The number of sulfonamides is 1. The van der Waals surface area contributed by atoms with Crippen LogP contribution in [0.1, 0.15) is 0 Å². The van der Waals surface area contributed by atoms with Crippen molar-refractivity contribution >= 4 is 16.0 Å². The monoisotopic (exact) mass is 257 g/mol. The standard InChI is InChI=1S/C6H11NO8S/c7-16(13,14)6-3(10)1(8)2(9)4(15-6)5(11)12/h1-4,6,8-10H,(H,11,12)(H2,7,13,14)/t1-,2-,3+,4-,6-/m0/s1. The number of carboxylic acid groups (broad SMARTS) is 1. The normalized spacial score (nSPS) is 40.6. The maximum absolute atomic E-state index is 10.9. The molecule has 1 aliphatic rings. The maximum Gasteiger partial charge on any atom is 0.335 e. The van der Waals surface area contributed by atoms with Crippen LogP contribution in [0, 0.1) is 0 Å². The number of primary sulfonamides is 1. The molecule has 1 aliphatic heterocycles. The summed E-state index contributed by atoms with van der Waals surface area (Å²) in [6.45, 7) is 0. The van der Waals surface area contributed by atoms with Crippen molar-refractivity contribution in [3.63, 3.8) is 0 Å². The zero-order chi connectivity index (χ0) is 12.7. The van der Waals surface area contributed by atoms with Crippen molar-refractivity contribution in [1.29, 1.82) is 0 Å². The highest BCUT2D eigenvalue weighted by Crippen LogP contribution is 2.23. The maximum atomic E-state index is 10.9. The van der Waals surface area contributed by atoms with Crippen molar-refractivity contribution in [3.8, 4) is 0 Å². The minimum Gasteiger partial charge on any atom is -0.479 e. The van der Waals surface area contributed by atoms with Crippen LogP contribution in [0.2, 0.25) is 0 Å². The minimum absolute atomic E-state index is 1.67. The Morgan fingerprint density at radius 2 is 1.62 bits per heavy atom. The summed E-state index contributed by atoms with van der Waals surface area (Å²) in [5, 5.41) is 41.0. The van der Waals surface area contributed by atoms with Gasteiger partial charge in [-0.2, -0.15) is 0 Å². The molecule has 10 heteroatoms. The molecule has 0 bridgehead atoms. The Morgan fingerprint density at radius 3 is 2.00 bits per heavy atom. The Morgan fingerprint density at radius 1 is 1.12 bits per heavy atom. The van der Waals surface area contributed by atoms with E-state index >= 15 is 0 Å². The Hall–Kier alpha value is -0.780. The first-order valence-electron chi connectivity index (χ1n) is 4.10. The molecule has 0 aliphatic carbocycles. The number of aliphatic hydroxyl groups is 3. The predicted molar refractivity (Wildman–Crippen MR) is 47.4 cm³/mol. The molecule has 0 unspecified atom stereocenters. The van der Waals surface area contributed by atoms with Gasteiger partial charge >= 0.3 is 5.97 Å². The molecule has 5 atom stereocenters. The highest BCUT2D eigenvalue weighted by atomic mass is 32.2. The Bertz CT molecular complexity index is 380. The van der Waals surface area contributed by atoms with Crippen LogP contribution in [0.25, 0.3) is 0 Å². The molecule has 1 saturated heterocycles. The molecule has 0 spiro atoms. The quantitative estimate of drug-likeness (QED) is 0.335. The lowest BCUT2D eigenvalue weighted by atomic mass is 10.0. The van der Waals surface area contributed by atoms with E-state index < -0.39 is 45.8 Å². The smallest absolute Gasteiger partial charge is 0.335 e. The molecule has 0 amide bonds. The van der Waals surface area contributed by atoms with Crippen molar-refractivity contribution in [2.75, 3.05) is 0 Å². The van der Waals surface area contributed by atoms with E-state index in [1.54, 1.807) is 0 Å². The molecule has 0 radical (unpaired) electrons. The fourth-order valence-corrected chi connectivity index (χ4v) is 2.15. The van der Waals surface area contributed by atoms with E-state index in [1.165, 1.54) is 0 Å². The molecule has 1 fully saturated rings. The first-order chi connectivity index (χ1) is 7.16. The van der Waals surface area contributed by atoms with Gasteiger partial charge in [0.15, 0.2) is 6.10 Å². The van der Waals surface area contributed by atoms with Crippen LogP contribution in [0.4, 0.5) is 0 Å². The van der Waals surface area contributed by atoms with Gasteiger partial charge < -0.3 is 25.2 Å². The summed E-state index contributed by atoms with van der Waals surface area (Å²) >= 11 is 0. The average Bonchev–Trinajstić information content (AvgIpc) is 2.11. The Kier molecular flexibility index (Phi) is 3.52. The van der Waals surface area contributed by atoms with E-state index in [0.29, 0.717) is 0 Å². The Balaban J connectivity index is 3.04. The molecule has 9 nitrogen and oxygen atoms in total. The number of ether oxygens (including phenoxy) is 1. The number of hydrogen-bond donors (Lipinski definition) is 5. The van der Waals surface area contributed by atoms with E-state index in [-0.39, 0.29) is 0 Å². The fraction of sp³-hybridized carbons (Fsp3) is 0.833. The lowest BCUT2D eigenvalue weighted by Gasteiger charge is -2.37. The highest BCUT2D eigenvalue weighted by Gasteiger charge is 2.50. The lowest BCUT2D eigenvalue weighted by Crippen LogP contribution is -2.62. The summed E-state index contributed by atoms with van der Waals surface area (Å²) in [5.74, 6) is -1.67. The average molecular weight is 257 g/mol. The van der Waals surface area contributed by atoms with Gasteiger partial charge in [-0.25, -0.2) is 18.4 Å². The van der Waals surface area contributed by atoms with Crippen LogP contribution < -0.4 is 5.14 Å². The third-order valence-corrected chi connectivity index (χ3v) is 3.17. The number of aliphatic carboxylic acids is 1. The molecular formula is C6H11NO8S. The SMILES string of the molecule is NS(=O)(=O)[C@@H]1O[C@H](C(=O)O)[C@@H](O)[C@H](O)[C@H]1O. The second kappa shape index (κ2) is 4.24. The topological polar surface area (TPSA) is 167 Å². The number of carboxylic acids is 1. The molecular weight excluding hydrogens is 246 g/mol. The highest BCUT2D eigenvalue weighted by molar-refractivity contribution is 7.89. The molecule has 16 heavy (non-hydrogen) atoms. The second-order valence-electron chi connectivity index (χ2n) is 3.32. The van der Waals surface area contributed by atoms with Gasteiger partial charge in [0.2, 0.25) is 15.5 Å². The van der Waals surface area contributed by atoms with Gasteiger partial charge in [-0.3, -0.25) is 0 Å². The molecule has 0 aromatic heterocycles. The van der Waals surface area contributed by atoms with E-state index in [9.17, 15) is 28.5 Å². The van der Waals surface area contributed by atoms with Crippen molar-refractivity contribution < 1.29 is 38.4 Å². The fourth-order valence-electron chi connectivity index (χ4n) is 1.32. The van der Waals surface area contributed by atoms with Crippen molar-refractivity contribution in [1.82, 2.24) is 0 Å². The molecule has 94 valence electrons. The third-order valence-electron chi connectivity index (χ3n) is 2.14. The van der Waals surface area contributed by atoms with E-state index in [2.05, 4.69) is 9.88 Å². The number of aliphatic hydroxyl groups excluding tert-OH is 3. The number of rotatable bonds is 2. The van der Waals surface area contributed by atoms with E-state index in [0.717, 1.165) is 0 Å². The minimum atomic E-state index is -4.40. The van der Waals surface area contributed by atoms with Gasteiger partial charge in [-0.1, -0.05) is 0 Å². The van der Waals surface area contributed by atoms with Crippen LogP contribution >= 0.6 is 0 Å². The van der Waals surface area contributed by atoms with Crippen molar-refractivity contribution in [3.05, 3.63) is 0 Å². The summed E-state index contributed by atoms with van der Waals surface area (Å²) in [5.41, 5.74) is -2.09. The zero-order valence-corrected chi connectivity index (χ0v) is 8.61. The van der Waals surface area contributed by atoms with Gasteiger partial charge in [0, 0.05) is 0 Å². The van der Waals surface area contributed by atoms with Crippen LogP contribution in [0.5, 0.6) is 0 Å². The van der Waals surface area contributed by atoms with Crippen LogP contribution in [0.15, 0.2) is 0 Å². The molecule has 0 aromatic rings. The molecule has 1 rings (SSSR count).